The van der Waals surface area contributed by atoms with Crippen molar-refractivity contribution in [3.63, 3.8) is 0 Å². The minimum atomic E-state index is 0.178. The summed E-state index contributed by atoms with van der Waals surface area (Å²) in [6.07, 6.45) is 1.78. The average Bonchev–Trinajstić information content (AvgIpc) is 2.42. The summed E-state index contributed by atoms with van der Waals surface area (Å²) >= 11 is 6.89. The van der Waals surface area contributed by atoms with Crippen LogP contribution in [-0.2, 0) is 6.54 Å². The van der Waals surface area contributed by atoms with Crippen molar-refractivity contribution in [3.8, 4) is 0 Å². The molecule has 19 heavy (non-hydrogen) atoms. The number of pyridine rings is 1. The first-order chi connectivity index (χ1) is 9.10. The summed E-state index contributed by atoms with van der Waals surface area (Å²) in [4.78, 5) is 4.35. The van der Waals surface area contributed by atoms with Gasteiger partial charge in [0.1, 0.15) is 5.82 Å². The molecule has 3 N–H and O–H groups in total. The molecule has 0 fully saturated rings. The number of hydrogen-bond donors (Lipinski definition) is 2. The van der Waals surface area contributed by atoms with Crippen molar-refractivity contribution in [2.45, 2.75) is 19.5 Å². The van der Waals surface area contributed by atoms with E-state index < -0.39 is 0 Å². The summed E-state index contributed by atoms with van der Waals surface area (Å²) in [5.74, 6) is 0.832. The van der Waals surface area contributed by atoms with E-state index in [4.69, 9.17) is 5.73 Å². The maximum absolute atomic E-state index is 5.60. The number of benzene rings is 1. The van der Waals surface area contributed by atoms with Crippen LogP contribution in [0.5, 0.6) is 0 Å². The van der Waals surface area contributed by atoms with Crippen molar-refractivity contribution < 1.29 is 0 Å². The molecule has 0 bridgehead atoms. The van der Waals surface area contributed by atoms with Crippen LogP contribution in [0.15, 0.2) is 45.5 Å². The molecule has 0 radical (unpaired) electrons. The zero-order valence-electron chi connectivity index (χ0n) is 10.5. The highest BCUT2D eigenvalue weighted by Crippen LogP contribution is 2.27. The molecule has 0 aliphatic rings. The Kier molecular flexibility index (Phi) is 4.96. The standard InChI is InChI=1S/C14H15Br2N3/c1-9(11-4-2-10(7-17)3-5-11)19-14-13(16)6-12(15)8-18-14/h2-6,8-9H,7,17H2,1H3,(H,18,19). The number of nitrogens with zero attached hydrogens (tertiary/aromatic N) is 1. The molecule has 1 aromatic carbocycles. The first-order valence-electron chi connectivity index (χ1n) is 5.96. The van der Waals surface area contributed by atoms with E-state index in [0.29, 0.717) is 6.54 Å². The molecule has 0 saturated heterocycles. The van der Waals surface area contributed by atoms with Crippen LogP contribution in [0.4, 0.5) is 5.82 Å². The van der Waals surface area contributed by atoms with Crippen molar-refractivity contribution in [1.82, 2.24) is 4.98 Å². The second-order valence-corrected chi connectivity index (χ2v) is 6.07. The predicted octanol–water partition coefficient (Wildman–Crippen LogP) is 4.24. The highest BCUT2D eigenvalue weighted by Gasteiger charge is 2.08. The van der Waals surface area contributed by atoms with E-state index in [1.54, 1.807) is 6.20 Å². The normalized spacial score (nSPS) is 12.2. The average molecular weight is 385 g/mol. The third kappa shape index (κ3) is 3.78. The quantitative estimate of drug-likeness (QED) is 0.828. The predicted molar refractivity (Wildman–Crippen MR) is 86.0 cm³/mol. The van der Waals surface area contributed by atoms with Crippen LogP contribution in [0.25, 0.3) is 0 Å². The second-order valence-electron chi connectivity index (χ2n) is 4.30. The lowest BCUT2D eigenvalue weighted by atomic mass is 10.1. The van der Waals surface area contributed by atoms with Gasteiger partial charge < -0.3 is 11.1 Å². The fourth-order valence-electron chi connectivity index (χ4n) is 1.75. The molecule has 0 saturated carbocycles. The summed E-state index contributed by atoms with van der Waals surface area (Å²) in [6.45, 7) is 2.68. The lowest BCUT2D eigenvalue weighted by molar-refractivity contribution is 0.870. The Morgan fingerprint density at radius 2 is 1.95 bits per heavy atom. The monoisotopic (exact) mass is 383 g/mol. The molecule has 1 atom stereocenters. The van der Waals surface area contributed by atoms with Gasteiger partial charge in [-0.25, -0.2) is 4.98 Å². The molecule has 1 heterocycles. The largest absolute Gasteiger partial charge is 0.363 e. The smallest absolute Gasteiger partial charge is 0.140 e. The maximum Gasteiger partial charge on any atom is 0.140 e. The van der Waals surface area contributed by atoms with Crippen LogP contribution in [-0.4, -0.2) is 4.98 Å². The van der Waals surface area contributed by atoms with E-state index in [1.165, 1.54) is 5.56 Å². The van der Waals surface area contributed by atoms with Gasteiger partial charge in [0, 0.05) is 23.3 Å². The van der Waals surface area contributed by atoms with Gasteiger partial charge >= 0.3 is 0 Å². The summed E-state index contributed by atoms with van der Waals surface area (Å²) in [5, 5.41) is 3.38. The minimum absolute atomic E-state index is 0.178. The molecule has 0 aliphatic heterocycles. The summed E-state index contributed by atoms with van der Waals surface area (Å²) < 4.78 is 1.89. The molecular weight excluding hydrogens is 370 g/mol. The molecule has 0 aliphatic carbocycles. The van der Waals surface area contributed by atoms with Gasteiger partial charge in [-0.15, -0.1) is 0 Å². The molecule has 2 rings (SSSR count). The van der Waals surface area contributed by atoms with E-state index >= 15 is 0 Å². The zero-order valence-corrected chi connectivity index (χ0v) is 13.7. The molecule has 3 nitrogen and oxygen atoms in total. The Balaban J connectivity index is 2.13. The van der Waals surface area contributed by atoms with Gasteiger partial charge in [0.05, 0.1) is 4.47 Å². The number of nitrogens with one attached hydrogen (secondary N) is 1. The third-order valence-electron chi connectivity index (χ3n) is 2.88. The van der Waals surface area contributed by atoms with Gasteiger partial charge in [0.2, 0.25) is 0 Å². The Labute approximate surface area is 129 Å². The van der Waals surface area contributed by atoms with Gasteiger partial charge in [0.25, 0.3) is 0 Å². The maximum atomic E-state index is 5.60. The number of rotatable bonds is 4. The van der Waals surface area contributed by atoms with E-state index in [0.717, 1.165) is 20.3 Å². The van der Waals surface area contributed by atoms with Gasteiger partial charge in [-0.3, -0.25) is 0 Å². The summed E-state index contributed by atoms with van der Waals surface area (Å²) in [5.41, 5.74) is 7.94. The highest BCUT2D eigenvalue weighted by atomic mass is 79.9. The van der Waals surface area contributed by atoms with Crippen molar-refractivity contribution >= 4 is 37.7 Å². The van der Waals surface area contributed by atoms with Gasteiger partial charge in [-0.05, 0) is 56.0 Å². The molecule has 0 amide bonds. The Morgan fingerprint density at radius 3 is 2.53 bits per heavy atom. The number of halogens is 2. The van der Waals surface area contributed by atoms with Crippen molar-refractivity contribution in [3.05, 3.63) is 56.6 Å². The molecular formula is C14H15Br2N3. The number of hydrogen-bond acceptors (Lipinski definition) is 3. The third-order valence-corrected chi connectivity index (χ3v) is 3.91. The van der Waals surface area contributed by atoms with E-state index in [1.807, 2.05) is 6.07 Å². The highest BCUT2D eigenvalue weighted by molar-refractivity contribution is 9.11. The molecule has 1 aromatic heterocycles. The first-order valence-corrected chi connectivity index (χ1v) is 7.55. The number of anilines is 1. The van der Waals surface area contributed by atoms with Gasteiger partial charge in [-0.1, -0.05) is 24.3 Å². The summed E-state index contributed by atoms with van der Waals surface area (Å²) in [7, 11) is 0. The first kappa shape index (κ1) is 14.5. The number of nitrogens with two attached hydrogens (primary N) is 1. The van der Waals surface area contributed by atoms with E-state index in [2.05, 4.69) is 73.3 Å². The zero-order chi connectivity index (χ0) is 13.8. The van der Waals surface area contributed by atoms with Crippen molar-refractivity contribution in [1.29, 1.82) is 0 Å². The van der Waals surface area contributed by atoms with Crippen LogP contribution in [0.1, 0.15) is 24.1 Å². The van der Waals surface area contributed by atoms with Gasteiger partial charge in [-0.2, -0.15) is 0 Å². The van der Waals surface area contributed by atoms with Gasteiger partial charge in [0.15, 0.2) is 0 Å². The van der Waals surface area contributed by atoms with Crippen molar-refractivity contribution in [2.75, 3.05) is 5.32 Å². The van der Waals surface area contributed by atoms with Crippen LogP contribution < -0.4 is 11.1 Å². The minimum Gasteiger partial charge on any atom is -0.363 e. The van der Waals surface area contributed by atoms with E-state index in [9.17, 15) is 0 Å². The second kappa shape index (κ2) is 6.50. The Hall–Kier alpha value is -0.910. The van der Waals surface area contributed by atoms with E-state index in [-0.39, 0.29) is 6.04 Å². The SMILES string of the molecule is CC(Nc1ncc(Br)cc1Br)c1ccc(CN)cc1. The topological polar surface area (TPSA) is 50.9 Å². The van der Waals surface area contributed by atoms with Crippen LogP contribution in [0.3, 0.4) is 0 Å². The van der Waals surface area contributed by atoms with Crippen molar-refractivity contribution in [2.24, 2.45) is 5.73 Å². The fraction of sp³-hybridized carbons (Fsp3) is 0.214. The Morgan fingerprint density at radius 1 is 1.26 bits per heavy atom. The molecule has 1 unspecified atom stereocenters. The lowest BCUT2D eigenvalue weighted by Gasteiger charge is -2.16. The van der Waals surface area contributed by atoms with Crippen LogP contribution in [0, 0.1) is 0 Å². The number of aromatic nitrogens is 1. The lowest BCUT2D eigenvalue weighted by Crippen LogP contribution is -2.08. The summed E-state index contributed by atoms with van der Waals surface area (Å²) in [6, 6.07) is 10.4. The molecule has 0 spiro atoms. The molecule has 100 valence electrons. The van der Waals surface area contributed by atoms with Crippen LogP contribution in [0.2, 0.25) is 0 Å². The molecule has 2 aromatic rings. The van der Waals surface area contributed by atoms with Crippen LogP contribution >= 0.6 is 31.9 Å². The fourth-order valence-corrected chi connectivity index (χ4v) is 2.85. The molecule has 5 heteroatoms. The Bertz CT molecular complexity index is 555.